The summed E-state index contributed by atoms with van der Waals surface area (Å²) < 4.78 is 3.12. The van der Waals surface area contributed by atoms with E-state index in [1.807, 2.05) is 67.5 Å². The number of rotatable bonds is 4. The number of nitrogens with two attached hydrogens (primary N) is 1. The summed E-state index contributed by atoms with van der Waals surface area (Å²) in [6.45, 7) is 7.97. The zero-order valence-electron chi connectivity index (χ0n) is 14.4. The van der Waals surface area contributed by atoms with Crippen molar-refractivity contribution in [3.05, 3.63) is 60.6 Å². The molecule has 0 saturated carbocycles. The Bertz CT molecular complexity index is 1010. The predicted molar refractivity (Wildman–Crippen MR) is 102 cm³/mol. The molecule has 0 aliphatic heterocycles. The monoisotopic (exact) mass is 336 g/mol. The molecule has 1 heterocycles. The van der Waals surface area contributed by atoms with Crippen molar-refractivity contribution in [1.29, 1.82) is 0 Å². The van der Waals surface area contributed by atoms with Crippen molar-refractivity contribution in [2.45, 2.75) is 0 Å². The van der Waals surface area contributed by atoms with Crippen molar-refractivity contribution in [3.63, 3.8) is 0 Å². The van der Waals surface area contributed by atoms with Gasteiger partial charge < -0.3 is 21.1 Å². The number of nitrogens with one attached hydrogen (secondary N) is 1. The number of hydrogen-bond donors (Lipinski definition) is 3. The van der Waals surface area contributed by atoms with Gasteiger partial charge in [0.05, 0.1) is 11.4 Å². The van der Waals surface area contributed by atoms with Crippen molar-refractivity contribution in [2.24, 2.45) is 0 Å². The highest BCUT2D eigenvalue weighted by molar-refractivity contribution is 5.77. The van der Waals surface area contributed by atoms with E-state index >= 15 is 0 Å². The topological polar surface area (TPSA) is 72.3 Å². The highest BCUT2D eigenvalue weighted by Gasteiger charge is 2.22. The van der Waals surface area contributed by atoms with Crippen LogP contribution in [0.3, 0.4) is 0 Å². The van der Waals surface area contributed by atoms with E-state index in [1.165, 1.54) is 4.36 Å². The summed E-state index contributed by atoms with van der Waals surface area (Å²) >= 11 is 0. The Morgan fingerprint density at radius 2 is 1.84 bits per heavy atom. The van der Waals surface area contributed by atoms with Crippen molar-refractivity contribution in [3.8, 4) is 11.6 Å². The number of para-hydroxylation sites is 1. The van der Waals surface area contributed by atoms with Gasteiger partial charge in [-0.1, -0.05) is 27.2 Å². The third-order valence-corrected chi connectivity index (χ3v) is 4.08. The van der Waals surface area contributed by atoms with Crippen molar-refractivity contribution in [2.75, 3.05) is 30.0 Å². The number of aromatic nitrogens is 2. The van der Waals surface area contributed by atoms with E-state index in [2.05, 4.69) is 18.6 Å². The summed E-state index contributed by atoms with van der Waals surface area (Å²) in [5, 5.41) is 14.4. The van der Waals surface area contributed by atoms with Crippen molar-refractivity contribution < 1.29 is 9.46 Å². The first-order valence-corrected chi connectivity index (χ1v) is 7.82. The average molecular weight is 336 g/mol. The summed E-state index contributed by atoms with van der Waals surface area (Å²) in [6, 6.07) is 15.1. The number of hydrogen-bond acceptors (Lipinski definition) is 4. The zero-order valence-corrected chi connectivity index (χ0v) is 14.4. The van der Waals surface area contributed by atoms with Crippen LogP contribution >= 0.6 is 0 Å². The number of benzene rings is 2. The molecule has 3 aromatic rings. The molecule has 0 aliphatic rings. The third kappa shape index (κ3) is 2.89. The predicted octanol–water partition coefficient (Wildman–Crippen LogP) is 1.91. The van der Waals surface area contributed by atoms with Crippen LogP contribution in [0.5, 0.6) is 5.88 Å². The Labute approximate surface area is 146 Å². The van der Waals surface area contributed by atoms with Crippen LogP contribution in [-0.4, -0.2) is 23.9 Å². The molecule has 6 nitrogen and oxygen atoms in total. The SMILES string of the molecule is C=c1c(Nc2ccc(N(C)C)cc2N)c(O)n(-c2ccccc2)[n+]1=C. The van der Waals surface area contributed by atoms with E-state index in [4.69, 9.17) is 5.73 Å². The van der Waals surface area contributed by atoms with Crippen LogP contribution in [0.1, 0.15) is 0 Å². The fourth-order valence-corrected chi connectivity index (χ4v) is 2.63. The van der Waals surface area contributed by atoms with Crippen LogP contribution < -0.4 is 25.7 Å². The second-order valence-corrected chi connectivity index (χ2v) is 5.98. The Morgan fingerprint density at radius 1 is 1.16 bits per heavy atom. The van der Waals surface area contributed by atoms with E-state index in [-0.39, 0.29) is 5.88 Å². The van der Waals surface area contributed by atoms with E-state index in [0.717, 1.165) is 11.4 Å². The van der Waals surface area contributed by atoms with E-state index < -0.39 is 0 Å². The van der Waals surface area contributed by atoms with Gasteiger partial charge in [0, 0.05) is 19.8 Å². The van der Waals surface area contributed by atoms with E-state index in [9.17, 15) is 5.11 Å². The summed E-state index contributed by atoms with van der Waals surface area (Å²) in [6.07, 6.45) is 0. The molecule has 2 aromatic carbocycles. The second-order valence-electron chi connectivity index (χ2n) is 5.98. The summed E-state index contributed by atoms with van der Waals surface area (Å²) in [7, 11) is 3.90. The molecule has 0 amide bonds. The highest BCUT2D eigenvalue weighted by atomic mass is 16.3. The van der Waals surface area contributed by atoms with Gasteiger partial charge in [0.15, 0.2) is 12.4 Å². The lowest BCUT2D eigenvalue weighted by Gasteiger charge is -2.15. The van der Waals surface area contributed by atoms with Crippen molar-refractivity contribution >= 4 is 29.3 Å². The molecule has 0 fully saturated rings. The van der Waals surface area contributed by atoms with Gasteiger partial charge in [0.2, 0.25) is 0 Å². The largest absolute Gasteiger partial charge is 0.489 e. The standard InChI is InChI=1S/C19H21N5O/c1-13-18(21-17-11-10-15(22(2)3)12-16(17)20)19(25)24(23(13)4)14-8-6-5-7-9-14/h5-12,21H,1,4,20H2,2-3H3/p+1. The molecular formula is C19H22N5O+. The molecule has 3 rings (SSSR count). The maximum atomic E-state index is 10.7. The third-order valence-electron chi connectivity index (χ3n) is 4.08. The number of aromatic hydroxyl groups is 1. The molecule has 0 saturated heterocycles. The fraction of sp³-hybridized carbons (Fsp3) is 0.105. The van der Waals surface area contributed by atoms with Crippen LogP contribution in [0.15, 0.2) is 48.5 Å². The lowest BCUT2D eigenvalue weighted by Crippen LogP contribution is -2.39. The highest BCUT2D eigenvalue weighted by Crippen LogP contribution is 2.29. The van der Waals surface area contributed by atoms with Gasteiger partial charge in [-0.2, -0.15) is 0 Å². The van der Waals surface area contributed by atoms with Crippen LogP contribution in [0, 0.1) is 6.72 Å². The van der Waals surface area contributed by atoms with Gasteiger partial charge in [-0.25, -0.2) is 0 Å². The lowest BCUT2D eigenvalue weighted by atomic mass is 10.2. The molecule has 1 aromatic heterocycles. The number of nitrogen functional groups attached to an aromatic ring is 1. The van der Waals surface area contributed by atoms with Gasteiger partial charge in [0.1, 0.15) is 5.69 Å². The molecule has 0 atom stereocenters. The van der Waals surface area contributed by atoms with Crippen LogP contribution in [0.2, 0.25) is 0 Å². The number of anilines is 4. The molecule has 0 bridgehead atoms. The van der Waals surface area contributed by atoms with Crippen molar-refractivity contribution in [1.82, 2.24) is 4.68 Å². The molecule has 0 aliphatic carbocycles. The molecule has 6 heteroatoms. The molecule has 128 valence electrons. The van der Waals surface area contributed by atoms with Crippen LogP contribution in [-0.2, 0) is 0 Å². The molecule has 0 unspecified atom stereocenters. The molecule has 25 heavy (non-hydrogen) atoms. The molecular weight excluding hydrogens is 314 g/mol. The lowest BCUT2D eigenvalue weighted by molar-refractivity contribution is -0.597. The summed E-state index contributed by atoms with van der Waals surface area (Å²) in [5.74, 6) is 0.0160. The second kappa shape index (κ2) is 6.24. The minimum Gasteiger partial charge on any atom is -0.489 e. The van der Waals surface area contributed by atoms with Gasteiger partial charge in [-0.15, -0.1) is 0 Å². The first kappa shape index (κ1) is 16.4. The van der Waals surface area contributed by atoms with Gasteiger partial charge in [0.25, 0.3) is 11.2 Å². The van der Waals surface area contributed by atoms with Gasteiger partial charge in [-0.3, -0.25) is 0 Å². The van der Waals surface area contributed by atoms with Gasteiger partial charge >= 0.3 is 0 Å². The van der Waals surface area contributed by atoms with Crippen LogP contribution in [0.4, 0.5) is 22.7 Å². The van der Waals surface area contributed by atoms with Gasteiger partial charge in [-0.05, 0) is 36.9 Å². The first-order chi connectivity index (χ1) is 11.9. The minimum atomic E-state index is 0.0160. The van der Waals surface area contributed by atoms with E-state index in [1.54, 1.807) is 4.68 Å². The number of nitrogens with zero attached hydrogens (tertiary/aromatic N) is 3. The Hall–Kier alpha value is -3.41. The first-order valence-electron chi connectivity index (χ1n) is 7.82. The summed E-state index contributed by atoms with van der Waals surface area (Å²) in [4.78, 5) is 1.97. The average Bonchev–Trinajstić information content (AvgIpc) is 2.80. The quantitative estimate of drug-likeness (QED) is 0.503. The maximum Gasteiger partial charge on any atom is 0.281 e. The minimum absolute atomic E-state index is 0.0160. The normalized spacial score (nSPS) is 10.6. The Kier molecular flexibility index (Phi) is 4.10. The smallest absolute Gasteiger partial charge is 0.281 e. The molecule has 4 N–H and O–H groups in total. The summed E-state index contributed by atoms with van der Waals surface area (Å²) in [5.41, 5.74) is 9.65. The fourth-order valence-electron chi connectivity index (χ4n) is 2.63. The van der Waals surface area contributed by atoms with E-state index in [0.29, 0.717) is 22.4 Å². The maximum absolute atomic E-state index is 10.7. The zero-order chi connectivity index (χ0) is 18.1. The molecule has 0 spiro atoms. The molecule has 0 radical (unpaired) electrons. The van der Waals surface area contributed by atoms with Crippen LogP contribution in [0.25, 0.3) is 12.3 Å². The Morgan fingerprint density at radius 3 is 2.44 bits per heavy atom. The Balaban J connectivity index is 2.06.